The van der Waals surface area contributed by atoms with Crippen LogP contribution in [-0.2, 0) is 14.3 Å². The number of esters is 1. The van der Waals surface area contributed by atoms with Gasteiger partial charge in [-0.1, -0.05) is 6.58 Å². The molecule has 0 radical (unpaired) electrons. The Balaban J connectivity index is 5.02. The normalized spacial score (nSPS) is 14.1. The molecule has 0 aliphatic heterocycles. The molecule has 0 aliphatic carbocycles. The fourth-order valence-electron chi connectivity index (χ4n) is 0.598. The lowest BCUT2D eigenvalue weighted by Crippen LogP contribution is -2.53. The van der Waals surface area contributed by atoms with E-state index < -0.39 is 36.9 Å². The summed E-state index contributed by atoms with van der Waals surface area (Å²) in [6.45, 7) is 0.221. The van der Waals surface area contributed by atoms with Gasteiger partial charge in [-0.2, -0.15) is 39.5 Å². The second-order valence-electron chi connectivity index (χ2n) is 3.15. The first-order valence-corrected chi connectivity index (χ1v) is 4.36. The molecule has 0 N–H and O–H groups in total. The third-order valence-corrected chi connectivity index (χ3v) is 1.57. The van der Waals surface area contributed by atoms with E-state index in [4.69, 9.17) is 0 Å². The minimum absolute atomic E-state index is 0.277. The monoisotopic (exact) mass is 320 g/mol. The lowest BCUT2D eigenvalue weighted by atomic mass is 10.3. The molecule has 0 spiro atoms. The quantitative estimate of drug-likeness (QED) is 0.428. The Hall–Kier alpha value is -1.46. The molecule has 0 saturated heterocycles. The first kappa shape index (κ1) is 18.5. The van der Waals surface area contributed by atoms with Crippen molar-refractivity contribution in [1.29, 1.82) is 0 Å². The highest BCUT2D eigenvalue weighted by atomic mass is 19.4. The number of hydrogen-bond acceptors (Lipinski definition) is 3. The van der Waals surface area contributed by atoms with E-state index in [2.05, 4.69) is 11.3 Å². The Kier molecular flexibility index (Phi) is 5.10. The topological polar surface area (TPSA) is 35.5 Å². The Bertz CT molecular complexity index is 374. The fraction of sp³-hybridized carbons (Fsp3) is 0.625. The Morgan fingerprint density at radius 2 is 1.40 bits per heavy atom. The van der Waals surface area contributed by atoms with Crippen molar-refractivity contribution < 1.29 is 53.8 Å². The third-order valence-electron chi connectivity index (χ3n) is 1.57. The molecule has 0 saturated carbocycles. The minimum atomic E-state index is -6.63. The SMILES string of the molecule is C=CC(=O)OCC(F)(F)C(F)(F)OC(F)(F)C(F)(F)F. The molecule has 3 nitrogen and oxygen atoms in total. The van der Waals surface area contributed by atoms with Gasteiger partial charge >= 0.3 is 30.3 Å². The van der Waals surface area contributed by atoms with Crippen LogP contribution in [0.25, 0.3) is 0 Å². The zero-order valence-electron chi connectivity index (χ0n) is 9.12. The van der Waals surface area contributed by atoms with Gasteiger partial charge in [-0.3, -0.25) is 0 Å². The van der Waals surface area contributed by atoms with Crippen LogP contribution in [0.2, 0.25) is 0 Å². The van der Waals surface area contributed by atoms with Gasteiger partial charge < -0.3 is 4.74 Å². The molecule has 0 fully saturated rings. The number of alkyl halides is 9. The van der Waals surface area contributed by atoms with Crippen molar-refractivity contribution in [3.63, 3.8) is 0 Å². The summed E-state index contributed by atoms with van der Waals surface area (Å²) in [5, 5.41) is 0. The van der Waals surface area contributed by atoms with Crippen molar-refractivity contribution in [3.05, 3.63) is 12.7 Å². The van der Waals surface area contributed by atoms with E-state index in [1.165, 1.54) is 0 Å². The summed E-state index contributed by atoms with van der Waals surface area (Å²) in [6.07, 6.45) is -19.1. The van der Waals surface area contributed by atoms with Crippen LogP contribution in [0.4, 0.5) is 39.5 Å². The van der Waals surface area contributed by atoms with Crippen molar-refractivity contribution in [3.8, 4) is 0 Å². The summed E-state index contributed by atoms with van der Waals surface area (Å²) in [7, 11) is 0. The average Bonchev–Trinajstić information content (AvgIpc) is 2.22. The highest BCUT2D eigenvalue weighted by molar-refractivity contribution is 5.81. The predicted octanol–water partition coefficient (Wildman–Crippen LogP) is 3.12. The lowest BCUT2D eigenvalue weighted by molar-refractivity contribution is -0.487. The first-order chi connectivity index (χ1) is 8.66. The first-order valence-electron chi connectivity index (χ1n) is 4.36. The smallest absolute Gasteiger partial charge is 0.456 e. The Morgan fingerprint density at radius 1 is 0.950 bits per heavy atom. The van der Waals surface area contributed by atoms with E-state index in [0.717, 1.165) is 0 Å². The number of hydrogen-bond donors (Lipinski definition) is 0. The number of halogens is 9. The van der Waals surface area contributed by atoms with Crippen LogP contribution in [-0.4, -0.2) is 36.9 Å². The molecule has 0 amide bonds. The van der Waals surface area contributed by atoms with Crippen LogP contribution < -0.4 is 0 Å². The van der Waals surface area contributed by atoms with E-state index in [-0.39, 0.29) is 6.08 Å². The molecule has 0 rings (SSSR count). The van der Waals surface area contributed by atoms with E-state index in [1.54, 1.807) is 0 Å². The summed E-state index contributed by atoms with van der Waals surface area (Å²) in [4.78, 5) is 10.3. The van der Waals surface area contributed by atoms with Gasteiger partial charge in [0.25, 0.3) is 0 Å². The molecule has 0 atom stereocenters. The van der Waals surface area contributed by atoms with Crippen LogP contribution in [0.5, 0.6) is 0 Å². The van der Waals surface area contributed by atoms with E-state index in [0.29, 0.717) is 0 Å². The fourth-order valence-corrected chi connectivity index (χ4v) is 0.598. The lowest BCUT2D eigenvalue weighted by Gasteiger charge is -2.29. The van der Waals surface area contributed by atoms with E-state index >= 15 is 0 Å². The van der Waals surface area contributed by atoms with E-state index in [9.17, 15) is 44.3 Å². The van der Waals surface area contributed by atoms with Crippen LogP contribution in [0.3, 0.4) is 0 Å². The molecule has 0 unspecified atom stereocenters. The van der Waals surface area contributed by atoms with Gasteiger partial charge in [-0.25, -0.2) is 9.53 Å². The zero-order valence-corrected chi connectivity index (χ0v) is 9.12. The molecule has 20 heavy (non-hydrogen) atoms. The maximum Gasteiger partial charge on any atom is 0.483 e. The largest absolute Gasteiger partial charge is 0.483 e. The molecule has 0 aromatic carbocycles. The second kappa shape index (κ2) is 5.50. The predicted molar refractivity (Wildman–Crippen MR) is 43.1 cm³/mol. The molecule has 0 bridgehead atoms. The maximum absolute atomic E-state index is 12.7. The third kappa shape index (κ3) is 4.28. The molecule has 0 aliphatic rings. The molecular formula is C8H5F9O3. The van der Waals surface area contributed by atoms with Gasteiger partial charge in [-0.15, -0.1) is 0 Å². The minimum Gasteiger partial charge on any atom is -0.456 e. The van der Waals surface area contributed by atoms with E-state index in [1.807, 2.05) is 4.74 Å². The second-order valence-corrected chi connectivity index (χ2v) is 3.15. The van der Waals surface area contributed by atoms with Crippen molar-refractivity contribution >= 4 is 5.97 Å². The van der Waals surface area contributed by atoms with Crippen molar-refractivity contribution in [2.75, 3.05) is 6.61 Å². The van der Waals surface area contributed by atoms with Crippen LogP contribution in [0.1, 0.15) is 0 Å². The zero-order chi connectivity index (χ0) is 16.4. The summed E-state index contributed by atoms with van der Waals surface area (Å²) >= 11 is 0. The number of rotatable bonds is 6. The van der Waals surface area contributed by atoms with Gasteiger partial charge in [-0.05, 0) is 0 Å². The number of carbonyl (C=O) groups excluding carboxylic acids is 1. The Morgan fingerprint density at radius 3 is 1.75 bits per heavy atom. The van der Waals surface area contributed by atoms with Crippen molar-refractivity contribution in [1.82, 2.24) is 0 Å². The van der Waals surface area contributed by atoms with Crippen molar-refractivity contribution in [2.24, 2.45) is 0 Å². The van der Waals surface area contributed by atoms with Gasteiger partial charge in [0.05, 0.1) is 0 Å². The molecule has 0 heterocycles. The molecule has 118 valence electrons. The number of ether oxygens (including phenoxy) is 2. The van der Waals surface area contributed by atoms with Gasteiger partial charge in [0.1, 0.15) is 0 Å². The van der Waals surface area contributed by atoms with Gasteiger partial charge in [0.15, 0.2) is 6.61 Å². The summed E-state index contributed by atoms with van der Waals surface area (Å²) in [5.41, 5.74) is 0. The molecule has 0 aromatic rings. The highest BCUT2D eigenvalue weighted by Crippen LogP contribution is 2.45. The summed E-state index contributed by atoms with van der Waals surface area (Å²) in [6, 6.07) is 0. The van der Waals surface area contributed by atoms with Crippen LogP contribution in [0.15, 0.2) is 12.7 Å². The van der Waals surface area contributed by atoms with Gasteiger partial charge in [0.2, 0.25) is 0 Å². The van der Waals surface area contributed by atoms with Gasteiger partial charge in [0, 0.05) is 6.08 Å². The summed E-state index contributed by atoms with van der Waals surface area (Å²) in [5.74, 6) is -7.25. The average molecular weight is 320 g/mol. The summed E-state index contributed by atoms with van der Waals surface area (Å²) < 4.78 is 115. The molecule has 12 heteroatoms. The maximum atomic E-state index is 12.7. The number of carbonyl (C=O) groups is 1. The van der Waals surface area contributed by atoms with Crippen molar-refractivity contribution in [2.45, 2.75) is 24.3 Å². The highest BCUT2D eigenvalue weighted by Gasteiger charge is 2.70. The van der Waals surface area contributed by atoms with Crippen LogP contribution >= 0.6 is 0 Å². The molecule has 0 aromatic heterocycles. The standard InChI is InChI=1S/C8H5F9O3/c1-2-4(18)19-3-5(9,10)7(14,15)20-8(16,17)6(11,12)13/h2H,1,3H2. The van der Waals surface area contributed by atoms with Crippen LogP contribution in [0, 0.1) is 0 Å². The Labute approximate surface area is 104 Å². The molecular weight excluding hydrogens is 315 g/mol.